The second-order valence-corrected chi connectivity index (χ2v) is 12.6. The highest BCUT2D eigenvalue weighted by Gasteiger charge is 2.53. The van der Waals surface area contributed by atoms with E-state index in [1.165, 1.54) is 38.5 Å². The Morgan fingerprint density at radius 2 is 1.26 bits per heavy atom. The Morgan fingerprint density at radius 3 is 1.74 bits per heavy atom. The topological polar surface area (TPSA) is 89.5 Å². The summed E-state index contributed by atoms with van der Waals surface area (Å²) in [4.78, 5) is 22.2. The molecule has 0 atom stereocenters. The number of hydrogen-bond acceptors (Lipinski definition) is 8. The fourth-order valence-corrected chi connectivity index (χ4v) is 4.92. The third-order valence-electron chi connectivity index (χ3n) is 7.85. The minimum atomic E-state index is -0.391. The van der Waals surface area contributed by atoms with E-state index in [2.05, 4.69) is 59.2 Å². The van der Waals surface area contributed by atoms with E-state index in [0.29, 0.717) is 22.2 Å². The Balaban J connectivity index is 0.000000697. The molecule has 3 aliphatic rings. The summed E-state index contributed by atoms with van der Waals surface area (Å²) in [5, 5.41) is 0. The van der Waals surface area contributed by atoms with Gasteiger partial charge in [0, 0.05) is 10.0 Å². The summed E-state index contributed by atoms with van der Waals surface area (Å²) in [6.45, 7) is 13.6. The normalized spacial score (nSPS) is 16.5. The van der Waals surface area contributed by atoms with Crippen LogP contribution >= 0.6 is 15.9 Å². The summed E-state index contributed by atoms with van der Waals surface area (Å²) < 4.78 is 58.7. The maximum absolute atomic E-state index is 13.3. The molecule has 280 valence electrons. The van der Waals surface area contributed by atoms with Crippen molar-refractivity contribution in [2.24, 2.45) is 0 Å². The van der Waals surface area contributed by atoms with Crippen LogP contribution in [0.3, 0.4) is 0 Å². The molecule has 3 aliphatic heterocycles. The van der Waals surface area contributed by atoms with Gasteiger partial charge in [-0.3, -0.25) is 9.59 Å². The first-order chi connectivity index (χ1) is 22.8. The molecule has 2 aromatic carbocycles. The fourth-order valence-electron chi connectivity index (χ4n) is 4.53. The molecular formula is C38H56BBrF2O8. The lowest BCUT2D eigenvalue weighted by Crippen LogP contribution is -2.41. The molecule has 12 heteroatoms. The average Bonchev–Trinajstić information content (AvgIpc) is 3.31. The van der Waals surface area contributed by atoms with Gasteiger partial charge in [-0.25, -0.2) is 8.78 Å². The van der Waals surface area contributed by atoms with Gasteiger partial charge in [-0.2, -0.15) is 0 Å². The molecule has 2 aromatic rings. The van der Waals surface area contributed by atoms with Crippen LogP contribution in [0.15, 0.2) is 58.7 Å². The van der Waals surface area contributed by atoms with E-state index in [-0.39, 0.29) is 63.6 Å². The van der Waals surface area contributed by atoms with Crippen LogP contribution in [0.1, 0.15) is 98.8 Å². The second-order valence-electron chi connectivity index (χ2n) is 11.8. The van der Waals surface area contributed by atoms with Crippen molar-refractivity contribution >= 4 is 40.7 Å². The van der Waals surface area contributed by atoms with Gasteiger partial charge in [-0.15, -0.1) is 0 Å². The standard InChI is InChI=1S/C14H15FO3.C11H19BO3.C9H8BrFO2.C2H6.2CH4/c1-17-14(16)9-10-8-11(15)5-6-12(10)13-4-2-3-7-18-13;1-10(2)11(3,4)15-12(14-10)9-7-5-6-8-13-9;1-13-9(12)5-6-4-7(11)2-3-8(6)10;1-2;;/h4-6,8H,2-3,7,9H2,1H3;7H,5-6,8H2,1-4H3;2-4H,5H2,1H3;1-2H3;2*1H4. The predicted octanol–water partition coefficient (Wildman–Crippen LogP) is 9.61. The molecule has 50 heavy (non-hydrogen) atoms. The molecule has 0 aliphatic carbocycles. The highest BCUT2D eigenvalue weighted by atomic mass is 79.9. The molecule has 0 radical (unpaired) electrons. The van der Waals surface area contributed by atoms with Gasteiger partial charge in [0.15, 0.2) is 0 Å². The lowest BCUT2D eigenvalue weighted by Gasteiger charge is -2.32. The van der Waals surface area contributed by atoms with Crippen molar-refractivity contribution in [1.82, 2.24) is 0 Å². The van der Waals surface area contributed by atoms with Crippen LogP contribution in [0.25, 0.3) is 5.76 Å². The molecule has 0 spiro atoms. The van der Waals surface area contributed by atoms with E-state index in [1.54, 1.807) is 12.1 Å². The smallest absolute Gasteiger partial charge is 0.502 e. The Hall–Kier alpha value is -3.22. The number of methoxy groups -OCH3 is 2. The number of ether oxygens (including phenoxy) is 4. The molecule has 0 amide bonds. The molecule has 3 heterocycles. The van der Waals surface area contributed by atoms with Crippen molar-refractivity contribution in [3.05, 3.63) is 87.0 Å². The molecule has 1 saturated heterocycles. The number of esters is 2. The maximum atomic E-state index is 13.3. The molecule has 5 rings (SSSR count). The summed E-state index contributed by atoms with van der Waals surface area (Å²) in [7, 11) is 2.29. The zero-order chi connectivity index (χ0) is 35.9. The minimum Gasteiger partial charge on any atom is -0.502 e. The molecule has 1 fully saturated rings. The molecule has 0 aromatic heterocycles. The number of allylic oxidation sites excluding steroid dienone is 2. The number of halogens is 3. The SMILES string of the molecule is C.C.CC.CC1(C)OB(C2=CCCCO2)OC1(C)C.COC(=O)Cc1cc(F)ccc1Br.COC(=O)Cc1cc(F)ccc1C1=CCCCO1. The quantitative estimate of drug-likeness (QED) is 0.212. The number of hydrogen-bond donors (Lipinski definition) is 0. The van der Waals surface area contributed by atoms with Crippen molar-refractivity contribution in [2.45, 2.75) is 106 Å². The first-order valence-corrected chi connectivity index (χ1v) is 16.9. The zero-order valence-electron chi connectivity index (χ0n) is 29.3. The van der Waals surface area contributed by atoms with E-state index in [9.17, 15) is 18.4 Å². The lowest BCUT2D eigenvalue weighted by atomic mass is 9.85. The molecular weight excluding hydrogens is 713 g/mol. The van der Waals surface area contributed by atoms with Gasteiger partial charge in [0.25, 0.3) is 0 Å². The van der Waals surface area contributed by atoms with Gasteiger partial charge < -0.3 is 28.3 Å². The van der Waals surface area contributed by atoms with Crippen molar-refractivity contribution in [3.8, 4) is 0 Å². The van der Waals surface area contributed by atoms with Crippen LogP contribution in [-0.4, -0.2) is 57.7 Å². The number of benzene rings is 2. The van der Waals surface area contributed by atoms with Crippen molar-refractivity contribution in [2.75, 3.05) is 27.4 Å². The number of rotatable bonds is 6. The third-order valence-corrected chi connectivity index (χ3v) is 8.62. The average molecular weight is 770 g/mol. The van der Waals surface area contributed by atoms with Crippen molar-refractivity contribution in [3.63, 3.8) is 0 Å². The summed E-state index contributed by atoms with van der Waals surface area (Å²) in [6.07, 6.45) is 8.23. The molecule has 0 unspecified atom stereocenters. The van der Waals surface area contributed by atoms with Gasteiger partial charge in [-0.1, -0.05) is 44.6 Å². The van der Waals surface area contributed by atoms with Gasteiger partial charge in [0.2, 0.25) is 0 Å². The van der Waals surface area contributed by atoms with E-state index in [1.807, 2.05) is 19.9 Å². The lowest BCUT2D eigenvalue weighted by molar-refractivity contribution is -0.140. The van der Waals surface area contributed by atoms with Crippen LogP contribution in [0.4, 0.5) is 8.78 Å². The van der Waals surface area contributed by atoms with Crippen LogP contribution in [0.5, 0.6) is 0 Å². The number of carbonyl (C=O) groups excluding carboxylic acids is 2. The molecule has 8 nitrogen and oxygen atoms in total. The van der Waals surface area contributed by atoms with Gasteiger partial charge in [0.1, 0.15) is 23.1 Å². The molecule has 0 saturated carbocycles. The monoisotopic (exact) mass is 768 g/mol. The Labute approximate surface area is 307 Å². The summed E-state index contributed by atoms with van der Waals surface area (Å²) in [6, 6.07) is 8.56. The van der Waals surface area contributed by atoms with Gasteiger partial charge >= 0.3 is 19.1 Å². The Bertz CT molecular complexity index is 1410. The molecule has 0 bridgehead atoms. The third kappa shape index (κ3) is 14.2. The maximum Gasteiger partial charge on any atom is 0.531 e. The fraction of sp³-hybridized carbons (Fsp3) is 0.526. The predicted molar refractivity (Wildman–Crippen MR) is 199 cm³/mol. The van der Waals surface area contributed by atoms with E-state index in [0.717, 1.165) is 49.3 Å². The van der Waals surface area contributed by atoms with Gasteiger partial charge in [0.05, 0.1) is 51.5 Å². The highest BCUT2D eigenvalue weighted by Crippen LogP contribution is 2.39. The van der Waals surface area contributed by atoms with E-state index < -0.39 is 5.97 Å². The largest absolute Gasteiger partial charge is 0.531 e. The van der Waals surface area contributed by atoms with E-state index in [4.69, 9.17) is 18.8 Å². The van der Waals surface area contributed by atoms with Crippen molar-refractivity contribution < 1.29 is 46.6 Å². The zero-order valence-corrected chi connectivity index (χ0v) is 30.8. The Morgan fingerprint density at radius 1 is 0.780 bits per heavy atom. The summed E-state index contributed by atoms with van der Waals surface area (Å²) >= 11 is 3.21. The van der Waals surface area contributed by atoms with Crippen LogP contribution in [0.2, 0.25) is 0 Å². The Kier molecular flexibility index (Phi) is 21.1. The van der Waals surface area contributed by atoms with Crippen molar-refractivity contribution in [1.29, 1.82) is 0 Å². The summed E-state index contributed by atoms with van der Waals surface area (Å²) in [5.41, 5.74) is 2.24. The summed E-state index contributed by atoms with van der Waals surface area (Å²) in [5.74, 6) is -0.777. The minimum absolute atomic E-state index is 0. The van der Waals surface area contributed by atoms with Crippen LogP contribution < -0.4 is 0 Å². The van der Waals surface area contributed by atoms with Crippen LogP contribution in [-0.2, 0) is 50.7 Å². The van der Waals surface area contributed by atoms with Crippen LogP contribution in [0, 0.1) is 11.6 Å². The number of carbonyl (C=O) groups is 2. The van der Waals surface area contributed by atoms with Gasteiger partial charge in [-0.05, 0) is 113 Å². The first kappa shape index (κ1) is 46.8. The van der Waals surface area contributed by atoms with E-state index >= 15 is 0 Å². The first-order valence-electron chi connectivity index (χ1n) is 16.1. The second kappa shape index (κ2) is 22.6. The highest BCUT2D eigenvalue weighted by molar-refractivity contribution is 9.10. The molecule has 0 N–H and O–H groups in total.